The Balaban J connectivity index is 1.47. The Morgan fingerprint density at radius 1 is 1.10 bits per heavy atom. The number of nitriles is 2. The molecule has 0 spiro atoms. The molecule has 0 bridgehead atoms. The second-order valence-corrected chi connectivity index (χ2v) is 11.5. The highest BCUT2D eigenvalue weighted by atomic mass is 35.5. The van der Waals surface area contributed by atoms with Gasteiger partial charge < -0.3 is 14.4 Å². The smallest absolute Gasteiger partial charge is 0.162 e. The molecule has 1 aromatic carbocycles. The molecule has 1 aliphatic heterocycles. The van der Waals surface area contributed by atoms with Gasteiger partial charge in [-0.2, -0.15) is 15.6 Å². The average molecular weight is 606 g/mol. The zero-order valence-corrected chi connectivity index (χ0v) is 25.5. The van der Waals surface area contributed by atoms with Crippen LogP contribution in [0.15, 0.2) is 36.8 Å². The molecule has 1 atom stereocenters. The summed E-state index contributed by atoms with van der Waals surface area (Å²) >= 11 is 12.7. The summed E-state index contributed by atoms with van der Waals surface area (Å²) in [7, 11) is 3.60. The number of fused-ring (bicyclic) bond motifs is 1. The number of pyridine rings is 2. The maximum Gasteiger partial charge on any atom is 0.162 e. The number of methoxy groups -OCH3 is 1. The van der Waals surface area contributed by atoms with E-state index in [9.17, 15) is 10.5 Å². The van der Waals surface area contributed by atoms with E-state index in [1.54, 1.807) is 25.4 Å². The van der Waals surface area contributed by atoms with Crippen LogP contribution >= 0.6 is 23.2 Å². The molecule has 4 aromatic rings. The van der Waals surface area contributed by atoms with Crippen molar-refractivity contribution in [1.29, 1.82) is 10.5 Å². The molecular weight excluding hydrogens is 575 g/mol. The number of anilines is 1. The van der Waals surface area contributed by atoms with Crippen molar-refractivity contribution >= 4 is 39.9 Å². The van der Waals surface area contributed by atoms with Gasteiger partial charge in [0.05, 0.1) is 46.3 Å². The Labute approximate surface area is 254 Å². The molecule has 0 aliphatic carbocycles. The second-order valence-electron chi connectivity index (χ2n) is 10.7. The van der Waals surface area contributed by atoms with Gasteiger partial charge in [-0.15, -0.1) is 0 Å². The van der Waals surface area contributed by atoms with E-state index in [-0.39, 0.29) is 11.6 Å². The fourth-order valence-electron chi connectivity index (χ4n) is 5.45. The first-order valence-electron chi connectivity index (χ1n) is 13.4. The lowest BCUT2D eigenvalue weighted by Gasteiger charge is -2.55. The summed E-state index contributed by atoms with van der Waals surface area (Å²) < 4.78 is 11.9. The van der Waals surface area contributed by atoms with E-state index in [0.717, 1.165) is 10.9 Å². The van der Waals surface area contributed by atoms with Gasteiger partial charge in [-0.05, 0) is 40.0 Å². The highest BCUT2D eigenvalue weighted by molar-refractivity contribution is 6.35. The van der Waals surface area contributed by atoms with Gasteiger partial charge in [0.25, 0.3) is 0 Å². The summed E-state index contributed by atoms with van der Waals surface area (Å²) in [6.07, 6.45) is 4.66. The first-order valence-corrected chi connectivity index (χ1v) is 14.1. The normalized spacial score (nSPS) is 14.9. The predicted molar refractivity (Wildman–Crippen MR) is 162 cm³/mol. The van der Waals surface area contributed by atoms with Gasteiger partial charge >= 0.3 is 0 Å². The van der Waals surface area contributed by atoms with Crippen LogP contribution in [0.2, 0.25) is 10.0 Å². The lowest BCUT2D eigenvalue weighted by Crippen LogP contribution is -2.70. The average Bonchev–Trinajstić information content (AvgIpc) is 3.36. The fraction of sp³-hybridized carbons (Fsp3) is 0.367. The summed E-state index contributed by atoms with van der Waals surface area (Å²) in [4.78, 5) is 13.0. The standard InChI is InChI=1S/C30H30Cl2N8O2/c1-17(2)39(4)30(6-7-33)15-40(16-30)29-19(11-34)8-20(12-36-29)28-21-9-26(25(41-5)10-24(21)37-38-28)42-18(3)27-22(31)13-35-14-23(27)32/h8-10,12-14,17-18H,6,15-16H2,1-5H3,(H,37,38)/t18-/m1/s1. The lowest BCUT2D eigenvalue weighted by atomic mass is 9.84. The third-order valence-corrected chi connectivity index (χ3v) is 8.51. The number of rotatable bonds is 9. The molecule has 10 nitrogen and oxygen atoms in total. The van der Waals surface area contributed by atoms with Crippen LogP contribution in [-0.2, 0) is 0 Å². The van der Waals surface area contributed by atoms with E-state index in [1.807, 2.05) is 20.0 Å². The van der Waals surface area contributed by atoms with Crippen LogP contribution in [0.5, 0.6) is 11.5 Å². The van der Waals surface area contributed by atoms with Gasteiger partial charge in [-0.1, -0.05) is 23.2 Å². The van der Waals surface area contributed by atoms with E-state index in [1.165, 1.54) is 12.4 Å². The Morgan fingerprint density at radius 2 is 1.81 bits per heavy atom. The third kappa shape index (κ3) is 5.18. The van der Waals surface area contributed by atoms with Crippen LogP contribution in [0.4, 0.5) is 5.82 Å². The Hall–Kier alpha value is -4.09. The minimum Gasteiger partial charge on any atom is -0.493 e. The molecule has 42 heavy (non-hydrogen) atoms. The molecule has 0 radical (unpaired) electrons. The SMILES string of the molecule is COc1cc2[nH]nc(-c3cnc(N4CC(CC#N)(N(C)C(C)C)C4)c(C#N)c3)c2cc1O[C@H](C)c1c(Cl)cncc1Cl. The number of likely N-dealkylation sites (N-methyl/N-ethyl adjacent to an activating group) is 1. The molecule has 1 saturated heterocycles. The summed E-state index contributed by atoms with van der Waals surface area (Å²) in [5, 5.41) is 28.6. The zero-order valence-electron chi connectivity index (χ0n) is 23.9. The minimum absolute atomic E-state index is 0.272. The molecule has 0 amide bonds. The predicted octanol–water partition coefficient (Wildman–Crippen LogP) is 6.16. The summed E-state index contributed by atoms with van der Waals surface area (Å²) in [6, 6.07) is 10.3. The minimum atomic E-state index is -0.500. The van der Waals surface area contributed by atoms with Crippen molar-refractivity contribution in [3.63, 3.8) is 0 Å². The van der Waals surface area contributed by atoms with Gasteiger partial charge in [0, 0.05) is 60.3 Å². The molecule has 216 valence electrons. The first-order chi connectivity index (χ1) is 20.1. The number of H-pyrrole nitrogens is 1. The summed E-state index contributed by atoms with van der Waals surface area (Å²) in [5.74, 6) is 1.57. The molecule has 1 N–H and O–H groups in total. The monoisotopic (exact) mass is 604 g/mol. The number of benzene rings is 1. The topological polar surface area (TPSA) is 127 Å². The number of nitrogens with one attached hydrogen (secondary N) is 1. The second kappa shape index (κ2) is 11.7. The van der Waals surface area contributed by atoms with Gasteiger partial charge in [-0.25, -0.2) is 4.98 Å². The number of halogens is 2. The van der Waals surface area contributed by atoms with Crippen molar-refractivity contribution in [2.24, 2.45) is 0 Å². The van der Waals surface area contributed by atoms with Crippen LogP contribution in [0.1, 0.15) is 44.4 Å². The van der Waals surface area contributed by atoms with Gasteiger partial charge in [0.15, 0.2) is 11.5 Å². The van der Waals surface area contributed by atoms with E-state index < -0.39 is 6.10 Å². The van der Waals surface area contributed by atoms with Gasteiger partial charge in [0.1, 0.15) is 23.7 Å². The maximum atomic E-state index is 10.0. The highest BCUT2D eigenvalue weighted by Crippen LogP contribution is 2.41. The Bertz CT molecular complexity index is 1700. The molecular formula is C30H30Cl2N8O2. The molecule has 3 aromatic heterocycles. The number of hydrogen-bond acceptors (Lipinski definition) is 9. The Kier molecular flexibility index (Phi) is 8.16. The van der Waals surface area contributed by atoms with Gasteiger partial charge in [0.2, 0.25) is 0 Å². The number of hydrogen-bond donors (Lipinski definition) is 1. The fourth-order valence-corrected chi connectivity index (χ4v) is 6.12. The van der Waals surface area contributed by atoms with Gasteiger partial charge in [-0.3, -0.25) is 15.0 Å². The molecule has 0 unspecified atom stereocenters. The molecule has 1 aliphatic rings. The van der Waals surface area contributed by atoms with E-state index in [4.69, 9.17) is 32.7 Å². The highest BCUT2D eigenvalue weighted by Gasteiger charge is 2.48. The quantitative estimate of drug-likeness (QED) is 0.239. The van der Waals surface area contributed by atoms with Crippen molar-refractivity contribution in [3.05, 3.63) is 58.0 Å². The van der Waals surface area contributed by atoms with Crippen LogP contribution in [0.3, 0.4) is 0 Å². The van der Waals surface area contributed by atoms with Crippen molar-refractivity contribution < 1.29 is 9.47 Å². The maximum absolute atomic E-state index is 10.0. The lowest BCUT2D eigenvalue weighted by molar-refractivity contribution is 0.0602. The number of aromatic amines is 1. The number of aromatic nitrogens is 4. The summed E-state index contributed by atoms with van der Waals surface area (Å²) in [6.45, 7) is 7.30. The molecule has 4 heterocycles. The molecule has 12 heteroatoms. The summed E-state index contributed by atoms with van der Waals surface area (Å²) in [5.41, 5.74) is 2.79. The number of nitrogens with zero attached hydrogens (tertiary/aromatic N) is 7. The molecule has 1 fully saturated rings. The first kappa shape index (κ1) is 29.4. The van der Waals surface area contributed by atoms with Crippen molar-refractivity contribution in [2.75, 3.05) is 32.1 Å². The van der Waals surface area contributed by atoms with E-state index >= 15 is 0 Å². The Morgan fingerprint density at radius 3 is 2.43 bits per heavy atom. The van der Waals surface area contributed by atoms with Crippen LogP contribution in [0.25, 0.3) is 22.2 Å². The third-order valence-electron chi connectivity index (χ3n) is 7.91. The van der Waals surface area contributed by atoms with Crippen molar-refractivity contribution in [3.8, 4) is 34.9 Å². The van der Waals surface area contributed by atoms with Crippen LogP contribution in [-0.4, -0.2) is 63.9 Å². The molecule has 5 rings (SSSR count). The van der Waals surface area contributed by atoms with Crippen LogP contribution in [0, 0.1) is 22.7 Å². The van der Waals surface area contributed by atoms with E-state index in [2.05, 4.69) is 56.0 Å². The van der Waals surface area contributed by atoms with Crippen LogP contribution < -0.4 is 14.4 Å². The largest absolute Gasteiger partial charge is 0.493 e. The van der Waals surface area contributed by atoms with Crippen molar-refractivity contribution in [1.82, 2.24) is 25.1 Å². The molecule has 0 saturated carbocycles. The number of ether oxygens (including phenoxy) is 2. The van der Waals surface area contributed by atoms with E-state index in [0.29, 0.717) is 69.3 Å². The van der Waals surface area contributed by atoms with Crippen molar-refractivity contribution in [2.45, 2.75) is 44.9 Å². The zero-order chi connectivity index (χ0) is 30.2.